The van der Waals surface area contributed by atoms with Crippen molar-refractivity contribution < 1.29 is 0 Å². The van der Waals surface area contributed by atoms with Crippen molar-refractivity contribution in [2.45, 2.75) is 23.8 Å². The first-order valence-corrected chi connectivity index (χ1v) is 13.2. The van der Waals surface area contributed by atoms with E-state index < -0.39 is 13.3 Å². The standard InChI is InChI=1S/C12H17GeN5/c1-13(2,3)11-5-9(7-14)4-10(6-11)12-17-15-8-16-18-12/h4-6,8H,7,14H2,1-3H3. The number of aromatic nitrogens is 4. The molecule has 2 rings (SSSR count). The summed E-state index contributed by atoms with van der Waals surface area (Å²) >= 11 is -1.90. The molecule has 6 heteroatoms. The predicted molar refractivity (Wildman–Crippen MR) is 73.9 cm³/mol. The SMILES string of the molecule is [CH3][Ge]([CH3])([CH3])[c]1cc(CN)cc(-c2nncnn2)c1. The summed E-state index contributed by atoms with van der Waals surface area (Å²) in [5.41, 5.74) is 7.82. The second-order valence-corrected chi connectivity index (χ2v) is 15.9. The number of nitrogens with two attached hydrogens (primary N) is 1. The third-order valence-corrected chi connectivity index (χ3v) is 7.00. The van der Waals surface area contributed by atoms with Crippen molar-refractivity contribution >= 4 is 17.7 Å². The molecule has 1 heterocycles. The average molecular weight is 304 g/mol. The molecule has 5 nitrogen and oxygen atoms in total. The number of hydrogen-bond acceptors (Lipinski definition) is 5. The van der Waals surface area contributed by atoms with E-state index in [1.54, 1.807) is 0 Å². The minimum atomic E-state index is -1.90. The Kier molecular flexibility index (Phi) is 3.72. The van der Waals surface area contributed by atoms with Gasteiger partial charge in [-0.15, -0.1) is 0 Å². The molecule has 1 aromatic heterocycles. The summed E-state index contributed by atoms with van der Waals surface area (Å²) in [7, 11) is 0. The maximum absolute atomic E-state index is 5.76. The fourth-order valence-electron chi connectivity index (χ4n) is 1.69. The van der Waals surface area contributed by atoms with Crippen LogP contribution in [0, 0.1) is 0 Å². The Morgan fingerprint density at radius 1 is 1.06 bits per heavy atom. The molecule has 0 spiro atoms. The van der Waals surface area contributed by atoms with Crippen molar-refractivity contribution in [1.82, 2.24) is 20.4 Å². The molecule has 0 aliphatic rings. The van der Waals surface area contributed by atoms with Gasteiger partial charge in [-0.2, -0.15) is 0 Å². The van der Waals surface area contributed by atoms with Crippen LogP contribution in [-0.4, -0.2) is 33.7 Å². The Balaban J connectivity index is 2.55. The van der Waals surface area contributed by atoms with E-state index >= 15 is 0 Å². The van der Waals surface area contributed by atoms with Crippen LogP contribution in [0.5, 0.6) is 0 Å². The topological polar surface area (TPSA) is 77.6 Å². The van der Waals surface area contributed by atoms with E-state index in [0.717, 1.165) is 11.1 Å². The first-order chi connectivity index (χ1) is 8.50. The molecule has 0 bridgehead atoms. The van der Waals surface area contributed by atoms with Crippen LogP contribution in [0.3, 0.4) is 0 Å². The Morgan fingerprint density at radius 2 is 1.72 bits per heavy atom. The fourth-order valence-corrected chi connectivity index (χ4v) is 4.22. The van der Waals surface area contributed by atoms with Gasteiger partial charge in [-0.3, -0.25) is 0 Å². The van der Waals surface area contributed by atoms with Crippen LogP contribution in [0.15, 0.2) is 24.5 Å². The zero-order valence-electron chi connectivity index (χ0n) is 10.9. The molecule has 0 fully saturated rings. The predicted octanol–water partition coefficient (Wildman–Crippen LogP) is 0.937. The maximum atomic E-state index is 5.76. The van der Waals surface area contributed by atoms with Crippen molar-refractivity contribution in [2.75, 3.05) is 0 Å². The second kappa shape index (κ2) is 5.11. The summed E-state index contributed by atoms with van der Waals surface area (Å²) in [4.78, 5) is 0. The summed E-state index contributed by atoms with van der Waals surface area (Å²) in [6.07, 6.45) is 1.33. The summed E-state index contributed by atoms with van der Waals surface area (Å²) in [6.45, 7) is 0.521. The third-order valence-electron chi connectivity index (χ3n) is 2.76. The van der Waals surface area contributed by atoms with E-state index in [4.69, 9.17) is 5.73 Å². The summed E-state index contributed by atoms with van der Waals surface area (Å²) < 4.78 is 1.39. The van der Waals surface area contributed by atoms with E-state index in [2.05, 4.69) is 49.8 Å². The molecule has 2 aromatic rings. The normalized spacial score (nSPS) is 11.6. The van der Waals surface area contributed by atoms with Crippen LogP contribution in [-0.2, 0) is 6.54 Å². The van der Waals surface area contributed by atoms with Crippen molar-refractivity contribution in [3.63, 3.8) is 0 Å². The number of nitrogens with zero attached hydrogens (tertiary/aromatic N) is 4. The van der Waals surface area contributed by atoms with Gasteiger partial charge in [-0.05, 0) is 0 Å². The quantitative estimate of drug-likeness (QED) is 0.854. The molecule has 18 heavy (non-hydrogen) atoms. The third kappa shape index (κ3) is 2.91. The molecule has 0 saturated heterocycles. The van der Waals surface area contributed by atoms with E-state index in [1.807, 2.05) is 6.07 Å². The van der Waals surface area contributed by atoms with E-state index in [1.165, 1.54) is 10.7 Å². The zero-order chi connectivity index (χ0) is 13.2. The van der Waals surface area contributed by atoms with Gasteiger partial charge < -0.3 is 0 Å². The van der Waals surface area contributed by atoms with Crippen molar-refractivity contribution in [3.05, 3.63) is 30.1 Å². The molecular weight excluding hydrogens is 287 g/mol. The van der Waals surface area contributed by atoms with Gasteiger partial charge in [0.15, 0.2) is 0 Å². The van der Waals surface area contributed by atoms with Gasteiger partial charge in [0.1, 0.15) is 0 Å². The molecule has 1 aromatic carbocycles. The summed E-state index contributed by atoms with van der Waals surface area (Å²) in [5, 5.41) is 15.5. The fraction of sp³-hybridized carbons (Fsp3) is 0.333. The summed E-state index contributed by atoms with van der Waals surface area (Å²) in [5.74, 6) is 7.60. The van der Waals surface area contributed by atoms with Crippen LogP contribution >= 0.6 is 0 Å². The molecule has 0 unspecified atom stereocenters. The number of rotatable bonds is 3. The van der Waals surface area contributed by atoms with Gasteiger partial charge in [0.05, 0.1) is 0 Å². The minimum absolute atomic E-state index is 0.521. The molecule has 0 atom stereocenters. The molecule has 0 radical (unpaired) electrons. The number of benzene rings is 1. The van der Waals surface area contributed by atoms with Crippen LogP contribution < -0.4 is 10.1 Å². The van der Waals surface area contributed by atoms with Crippen molar-refractivity contribution in [1.29, 1.82) is 0 Å². The average Bonchev–Trinajstić information content (AvgIpc) is 2.38. The van der Waals surface area contributed by atoms with E-state index in [9.17, 15) is 0 Å². The van der Waals surface area contributed by atoms with Crippen LogP contribution in [0.2, 0.25) is 17.3 Å². The van der Waals surface area contributed by atoms with E-state index in [0.29, 0.717) is 12.4 Å². The van der Waals surface area contributed by atoms with Gasteiger partial charge in [-0.1, -0.05) is 0 Å². The Bertz CT molecular complexity index is 536. The van der Waals surface area contributed by atoms with Gasteiger partial charge in [0, 0.05) is 0 Å². The van der Waals surface area contributed by atoms with E-state index in [-0.39, 0.29) is 0 Å². The van der Waals surface area contributed by atoms with Gasteiger partial charge in [0.25, 0.3) is 0 Å². The summed E-state index contributed by atoms with van der Waals surface area (Å²) in [6, 6.07) is 6.36. The molecule has 2 N–H and O–H groups in total. The Labute approximate surface area is 109 Å². The van der Waals surface area contributed by atoms with Gasteiger partial charge in [0.2, 0.25) is 0 Å². The Hall–Kier alpha value is -1.34. The molecule has 0 aliphatic heterocycles. The molecule has 0 saturated carbocycles. The zero-order valence-corrected chi connectivity index (χ0v) is 13.0. The van der Waals surface area contributed by atoms with Crippen LogP contribution in [0.1, 0.15) is 5.56 Å². The second-order valence-electron chi connectivity index (χ2n) is 5.24. The van der Waals surface area contributed by atoms with Crippen molar-refractivity contribution in [2.24, 2.45) is 5.73 Å². The first-order valence-electron chi connectivity index (χ1n) is 5.86. The monoisotopic (exact) mass is 305 g/mol. The van der Waals surface area contributed by atoms with Crippen molar-refractivity contribution in [3.8, 4) is 11.4 Å². The molecule has 0 aliphatic carbocycles. The first kappa shape index (κ1) is 13.1. The van der Waals surface area contributed by atoms with Crippen LogP contribution in [0.4, 0.5) is 0 Å². The number of hydrogen-bond donors (Lipinski definition) is 1. The van der Waals surface area contributed by atoms with Gasteiger partial charge in [-0.25, -0.2) is 0 Å². The molecule has 0 amide bonds. The van der Waals surface area contributed by atoms with Gasteiger partial charge >= 0.3 is 109 Å². The Morgan fingerprint density at radius 3 is 2.28 bits per heavy atom. The molecule has 94 valence electrons. The molecular formula is C12H17GeN5. The van der Waals surface area contributed by atoms with Crippen LogP contribution in [0.25, 0.3) is 11.4 Å².